The van der Waals surface area contributed by atoms with Crippen LogP contribution in [0, 0.1) is 0 Å². The Kier molecular flexibility index (Phi) is 5.20. The van der Waals surface area contributed by atoms with Crippen LogP contribution in [-0.2, 0) is 11.3 Å². The molecule has 0 fully saturated rings. The minimum absolute atomic E-state index is 0.263. The predicted octanol–water partition coefficient (Wildman–Crippen LogP) is 2.14. The van der Waals surface area contributed by atoms with E-state index in [0.717, 1.165) is 5.56 Å². The van der Waals surface area contributed by atoms with Gasteiger partial charge in [0, 0.05) is 24.7 Å². The zero-order valence-corrected chi connectivity index (χ0v) is 14.4. The lowest BCUT2D eigenvalue weighted by molar-refractivity contribution is -0.117. The van der Waals surface area contributed by atoms with Crippen molar-refractivity contribution in [2.45, 2.75) is 19.5 Å². The topological polar surface area (TPSA) is 88.9 Å². The first kappa shape index (κ1) is 16.8. The van der Waals surface area contributed by atoms with E-state index in [1.165, 1.54) is 11.3 Å². The van der Waals surface area contributed by atoms with Crippen LogP contribution in [0.3, 0.4) is 0 Å². The minimum Gasteiger partial charge on any atom is -0.340 e. The number of rotatable bonds is 6. The molecule has 2 amide bonds. The molecule has 0 saturated heterocycles. The third-order valence-corrected chi connectivity index (χ3v) is 4.34. The summed E-state index contributed by atoms with van der Waals surface area (Å²) in [6.45, 7) is 2.22. The average molecular weight is 355 g/mol. The van der Waals surface area contributed by atoms with Gasteiger partial charge < -0.3 is 10.6 Å². The summed E-state index contributed by atoms with van der Waals surface area (Å²) in [6, 6.07) is 8.36. The van der Waals surface area contributed by atoms with Crippen molar-refractivity contribution < 1.29 is 9.59 Å². The van der Waals surface area contributed by atoms with Crippen LogP contribution < -0.4 is 10.6 Å². The predicted molar refractivity (Wildman–Crippen MR) is 95.4 cm³/mol. The number of nitrogens with one attached hydrogen (secondary N) is 2. The number of aromatic nitrogens is 3. The fourth-order valence-corrected chi connectivity index (χ4v) is 2.79. The van der Waals surface area contributed by atoms with Crippen molar-refractivity contribution in [2.75, 3.05) is 5.32 Å². The molecule has 3 aromatic heterocycles. The molecule has 0 unspecified atom stereocenters. The summed E-state index contributed by atoms with van der Waals surface area (Å²) in [4.78, 5) is 28.7. The van der Waals surface area contributed by atoms with E-state index < -0.39 is 6.04 Å². The van der Waals surface area contributed by atoms with E-state index in [1.807, 2.05) is 17.5 Å². The highest BCUT2D eigenvalue weighted by Gasteiger charge is 2.18. The number of thiophene rings is 1. The number of amides is 2. The lowest BCUT2D eigenvalue weighted by Gasteiger charge is -2.12. The van der Waals surface area contributed by atoms with E-state index in [9.17, 15) is 9.59 Å². The number of carbonyl (C=O) groups is 2. The van der Waals surface area contributed by atoms with Crippen molar-refractivity contribution in [2.24, 2.45) is 0 Å². The third-order valence-electron chi connectivity index (χ3n) is 3.47. The van der Waals surface area contributed by atoms with Crippen molar-refractivity contribution >= 4 is 29.0 Å². The maximum atomic E-state index is 12.2. The summed E-state index contributed by atoms with van der Waals surface area (Å²) in [6.07, 6.45) is 5.23. The molecule has 1 atom stereocenters. The van der Waals surface area contributed by atoms with Gasteiger partial charge in [0.2, 0.25) is 5.91 Å². The van der Waals surface area contributed by atoms with Crippen molar-refractivity contribution in [3.05, 3.63) is 64.7 Å². The summed E-state index contributed by atoms with van der Waals surface area (Å²) in [5.74, 6) is -0.142. The highest BCUT2D eigenvalue weighted by molar-refractivity contribution is 7.12. The van der Waals surface area contributed by atoms with Crippen LogP contribution in [0.15, 0.2) is 54.3 Å². The van der Waals surface area contributed by atoms with Crippen molar-refractivity contribution in [3.63, 3.8) is 0 Å². The van der Waals surface area contributed by atoms with Crippen LogP contribution in [0.5, 0.6) is 0 Å². The molecular formula is C17H17N5O2S. The Labute approximate surface area is 148 Å². The van der Waals surface area contributed by atoms with Gasteiger partial charge in [-0.15, -0.1) is 11.3 Å². The summed E-state index contributed by atoms with van der Waals surface area (Å²) in [7, 11) is 0. The zero-order valence-electron chi connectivity index (χ0n) is 13.5. The van der Waals surface area contributed by atoms with Crippen molar-refractivity contribution in [1.82, 2.24) is 20.1 Å². The molecule has 0 bridgehead atoms. The third kappa shape index (κ3) is 4.51. The standard InChI is InChI=1S/C17H17N5O2S/c1-12(19-17(24)14-3-2-10-25-14)16(23)20-15-6-9-22(21-15)11-13-4-7-18-8-5-13/h2-10,12H,11H2,1H3,(H,19,24)(H,20,21,23)/t12-/m1/s1. The number of hydrogen-bond acceptors (Lipinski definition) is 5. The molecule has 0 radical (unpaired) electrons. The van der Waals surface area contributed by atoms with Crippen molar-refractivity contribution in [1.29, 1.82) is 0 Å². The summed E-state index contributed by atoms with van der Waals surface area (Å²) < 4.78 is 1.72. The molecule has 7 nitrogen and oxygen atoms in total. The highest BCUT2D eigenvalue weighted by atomic mass is 32.1. The number of carbonyl (C=O) groups excluding carboxylic acids is 2. The second-order valence-electron chi connectivity index (χ2n) is 5.42. The van der Waals surface area contributed by atoms with E-state index >= 15 is 0 Å². The number of hydrogen-bond donors (Lipinski definition) is 2. The normalized spacial score (nSPS) is 11.7. The molecule has 0 spiro atoms. The lowest BCUT2D eigenvalue weighted by atomic mass is 10.3. The molecule has 0 aliphatic carbocycles. The first-order chi connectivity index (χ1) is 12.1. The number of anilines is 1. The van der Waals surface area contributed by atoms with Gasteiger partial charge in [-0.05, 0) is 36.1 Å². The van der Waals surface area contributed by atoms with Crippen LogP contribution in [0.1, 0.15) is 22.2 Å². The monoisotopic (exact) mass is 355 g/mol. The molecule has 0 aromatic carbocycles. The van der Waals surface area contributed by atoms with Gasteiger partial charge in [0.1, 0.15) is 6.04 Å². The maximum absolute atomic E-state index is 12.2. The van der Waals surface area contributed by atoms with Crippen LogP contribution in [0.4, 0.5) is 5.82 Å². The molecule has 3 heterocycles. The number of pyridine rings is 1. The van der Waals surface area contributed by atoms with Gasteiger partial charge in [0.05, 0.1) is 11.4 Å². The molecule has 3 aromatic rings. The van der Waals surface area contributed by atoms with Crippen LogP contribution >= 0.6 is 11.3 Å². The van der Waals surface area contributed by atoms with Gasteiger partial charge in [-0.1, -0.05) is 6.07 Å². The Morgan fingerprint density at radius 2 is 2.04 bits per heavy atom. The molecule has 3 rings (SSSR count). The Bertz CT molecular complexity index is 845. The van der Waals surface area contributed by atoms with Gasteiger partial charge in [-0.2, -0.15) is 5.10 Å². The lowest BCUT2D eigenvalue weighted by Crippen LogP contribution is -2.41. The maximum Gasteiger partial charge on any atom is 0.261 e. The first-order valence-corrected chi connectivity index (χ1v) is 8.57. The van der Waals surface area contributed by atoms with Gasteiger partial charge in [-0.3, -0.25) is 19.3 Å². The summed E-state index contributed by atoms with van der Waals surface area (Å²) >= 11 is 1.33. The fourth-order valence-electron chi connectivity index (χ4n) is 2.17. The van der Waals surface area contributed by atoms with Gasteiger partial charge in [-0.25, -0.2) is 0 Å². The summed E-state index contributed by atoms with van der Waals surface area (Å²) in [5, 5.41) is 11.5. The number of nitrogens with zero attached hydrogens (tertiary/aromatic N) is 3. The fraction of sp³-hybridized carbons (Fsp3) is 0.176. The SMILES string of the molecule is C[C@@H](NC(=O)c1cccs1)C(=O)Nc1ccn(Cc2ccncc2)n1. The Hall–Kier alpha value is -3.00. The quantitative estimate of drug-likeness (QED) is 0.709. The zero-order chi connectivity index (χ0) is 17.6. The van der Waals surface area contributed by atoms with Gasteiger partial charge >= 0.3 is 0 Å². The Morgan fingerprint density at radius 1 is 1.24 bits per heavy atom. The molecule has 0 aliphatic rings. The summed E-state index contributed by atoms with van der Waals surface area (Å²) in [5.41, 5.74) is 1.06. The molecule has 2 N–H and O–H groups in total. The van der Waals surface area contributed by atoms with E-state index in [2.05, 4.69) is 20.7 Å². The molecule has 8 heteroatoms. The van der Waals surface area contributed by atoms with E-state index in [4.69, 9.17) is 0 Å². The minimum atomic E-state index is -0.667. The second-order valence-corrected chi connectivity index (χ2v) is 6.36. The Balaban J connectivity index is 1.55. The first-order valence-electron chi connectivity index (χ1n) is 7.69. The van der Waals surface area contributed by atoms with Gasteiger partial charge in [0.25, 0.3) is 5.91 Å². The highest BCUT2D eigenvalue weighted by Crippen LogP contribution is 2.09. The average Bonchev–Trinajstić information content (AvgIpc) is 3.28. The van der Waals surface area contributed by atoms with Crippen LogP contribution in [0.25, 0.3) is 0 Å². The van der Waals surface area contributed by atoms with E-state index in [1.54, 1.807) is 48.4 Å². The van der Waals surface area contributed by atoms with Crippen LogP contribution in [-0.4, -0.2) is 32.6 Å². The molecular weight excluding hydrogens is 338 g/mol. The van der Waals surface area contributed by atoms with Crippen molar-refractivity contribution in [3.8, 4) is 0 Å². The van der Waals surface area contributed by atoms with Crippen LogP contribution in [0.2, 0.25) is 0 Å². The van der Waals surface area contributed by atoms with Gasteiger partial charge in [0.15, 0.2) is 5.82 Å². The molecule has 0 aliphatic heterocycles. The Morgan fingerprint density at radius 3 is 2.76 bits per heavy atom. The smallest absolute Gasteiger partial charge is 0.261 e. The molecule has 25 heavy (non-hydrogen) atoms. The molecule has 128 valence electrons. The molecule has 0 saturated carbocycles. The van der Waals surface area contributed by atoms with E-state index in [-0.39, 0.29) is 11.8 Å². The largest absolute Gasteiger partial charge is 0.340 e. The van der Waals surface area contributed by atoms with E-state index in [0.29, 0.717) is 17.2 Å². The second kappa shape index (κ2) is 7.71.